The largest absolute Gasteiger partial charge is 0.487 e. The normalized spacial score (nSPS) is 14.2. The van der Waals surface area contributed by atoms with E-state index in [1.807, 2.05) is 0 Å². The summed E-state index contributed by atoms with van der Waals surface area (Å²) in [5, 5.41) is 2.35. The zero-order chi connectivity index (χ0) is 13.4. The van der Waals surface area contributed by atoms with Crippen molar-refractivity contribution in [2.75, 3.05) is 13.2 Å². The molecule has 1 aromatic rings. The molecular formula is C16H28NO+. The number of benzene rings is 1. The zero-order valence-corrected chi connectivity index (χ0v) is 12.3. The second-order valence-electron chi connectivity index (χ2n) is 5.11. The Hall–Kier alpha value is -1.02. The van der Waals surface area contributed by atoms with E-state index in [-0.39, 0.29) is 0 Å². The molecule has 0 aliphatic heterocycles. The van der Waals surface area contributed by atoms with Gasteiger partial charge in [0, 0.05) is 0 Å². The molecule has 0 aromatic heterocycles. The van der Waals surface area contributed by atoms with Crippen molar-refractivity contribution >= 4 is 0 Å². The van der Waals surface area contributed by atoms with Crippen LogP contribution >= 0.6 is 0 Å². The lowest BCUT2D eigenvalue weighted by atomic mass is 9.98. The summed E-state index contributed by atoms with van der Waals surface area (Å²) in [6.45, 7) is 10.8. The summed E-state index contributed by atoms with van der Waals surface area (Å²) in [5.74, 6) is 1.63. The third kappa shape index (κ3) is 4.69. The fourth-order valence-corrected chi connectivity index (χ4v) is 1.93. The van der Waals surface area contributed by atoms with Crippen LogP contribution in [0.15, 0.2) is 24.3 Å². The van der Waals surface area contributed by atoms with Crippen LogP contribution in [-0.4, -0.2) is 19.2 Å². The van der Waals surface area contributed by atoms with Crippen molar-refractivity contribution in [1.82, 2.24) is 0 Å². The van der Waals surface area contributed by atoms with Crippen LogP contribution in [0.2, 0.25) is 0 Å². The minimum absolute atomic E-state index is 0.569. The van der Waals surface area contributed by atoms with Crippen LogP contribution in [0.5, 0.6) is 5.75 Å². The Morgan fingerprint density at radius 1 is 1.11 bits per heavy atom. The van der Waals surface area contributed by atoms with E-state index in [9.17, 15) is 0 Å². The first kappa shape index (κ1) is 15.0. The Morgan fingerprint density at radius 3 is 2.50 bits per heavy atom. The second kappa shape index (κ2) is 8.15. The van der Waals surface area contributed by atoms with Gasteiger partial charge >= 0.3 is 0 Å². The van der Waals surface area contributed by atoms with Crippen LogP contribution in [0.25, 0.3) is 0 Å². The van der Waals surface area contributed by atoms with E-state index in [2.05, 4.69) is 57.3 Å². The van der Waals surface area contributed by atoms with Crippen LogP contribution in [0.1, 0.15) is 52.0 Å². The molecule has 0 saturated carbocycles. The Labute approximate surface area is 112 Å². The first-order valence-corrected chi connectivity index (χ1v) is 7.24. The van der Waals surface area contributed by atoms with E-state index in [0.717, 1.165) is 25.3 Å². The molecule has 0 amide bonds. The third-order valence-electron chi connectivity index (χ3n) is 3.65. The van der Waals surface area contributed by atoms with Crippen molar-refractivity contribution in [3.63, 3.8) is 0 Å². The highest BCUT2D eigenvalue weighted by atomic mass is 16.5. The molecule has 0 radical (unpaired) electrons. The van der Waals surface area contributed by atoms with Gasteiger partial charge in [0.15, 0.2) is 0 Å². The topological polar surface area (TPSA) is 25.8 Å². The SMILES string of the molecule is CC[C@H](C)[NH2+]CCOc1ccccc1[C@@H](C)CC. The number of para-hydroxylation sites is 1. The second-order valence-corrected chi connectivity index (χ2v) is 5.11. The highest BCUT2D eigenvalue weighted by Gasteiger charge is 2.09. The summed E-state index contributed by atoms with van der Waals surface area (Å²) >= 11 is 0. The zero-order valence-electron chi connectivity index (χ0n) is 12.3. The highest BCUT2D eigenvalue weighted by molar-refractivity contribution is 5.35. The molecule has 2 atom stereocenters. The van der Waals surface area contributed by atoms with E-state index in [0.29, 0.717) is 12.0 Å². The lowest BCUT2D eigenvalue weighted by Crippen LogP contribution is -2.90. The number of quaternary nitrogens is 1. The minimum atomic E-state index is 0.569. The molecule has 1 rings (SSSR count). The van der Waals surface area contributed by atoms with Gasteiger partial charge in [-0.2, -0.15) is 0 Å². The Bertz CT molecular complexity index is 338. The van der Waals surface area contributed by atoms with Gasteiger partial charge in [-0.05, 0) is 37.3 Å². The maximum atomic E-state index is 5.92. The summed E-state index contributed by atoms with van der Waals surface area (Å²) in [4.78, 5) is 0. The number of ether oxygens (including phenoxy) is 1. The molecule has 0 aliphatic rings. The van der Waals surface area contributed by atoms with Gasteiger partial charge in [0.1, 0.15) is 18.9 Å². The van der Waals surface area contributed by atoms with Gasteiger partial charge in [0.2, 0.25) is 0 Å². The molecule has 0 unspecified atom stereocenters. The van der Waals surface area contributed by atoms with Gasteiger partial charge in [-0.3, -0.25) is 0 Å². The standard InChI is InChI=1S/C16H27NO/c1-5-13(3)15-9-7-8-10-16(15)18-12-11-17-14(4)6-2/h7-10,13-14,17H,5-6,11-12H2,1-4H3/p+1/t13-,14-/m0/s1. The van der Waals surface area contributed by atoms with Gasteiger partial charge < -0.3 is 10.1 Å². The van der Waals surface area contributed by atoms with Crippen LogP contribution in [0.3, 0.4) is 0 Å². The highest BCUT2D eigenvalue weighted by Crippen LogP contribution is 2.28. The lowest BCUT2D eigenvalue weighted by Gasteiger charge is -2.15. The molecule has 0 saturated heterocycles. The lowest BCUT2D eigenvalue weighted by molar-refractivity contribution is -0.686. The molecular weight excluding hydrogens is 222 g/mol. The average Bonchev–Trinajstić information content (AvgIpc) is 2.42. The van der Waals surface area contributed by atoms with Crippen molar-refractivity contribution in [1.29, 1.82) is 0 Å². The third-order valence-corrected chi connectivity index (χ3v) is 3.65. The van der Waals surface area contributed by atoms with Crippen LogP contribution in [-0.2, 0) is 0 Å². The molecule has 0 fully saturated rings. The molecule has 1 aromatic carbocycles. The number of rotatable bonds is 8. The van der Waals surface area contributed by atoms with Crippen molar-refractivity contribution in [3.8, 4) is 5.75 Å². The van der Waals surface area contributed by atoms with Crippen molar-refractivity contribution in [3.05, 3.63) is 29.8 Å². The van der Waals surface area contributed by atoms with Crippen LogP contribution in [0.4, 0.5) is 0 Å². The summed E-state index contributed by atoms with van der Waals surface area (Å²) in [7, 11) is 0. The van der Waals surface area contributed by atoms with Gasteiger partial charge in [-0.15, -0.1) is 0 Å². The van der Waals surface area contributed by atoms with E-state index >= 15 is 0 Å². The smallest absolute Gasteiger partial charge is 0.137 e. The number of hydrogen-bond acceptors (Lipinski definition) is 1. The van der Waals surface area contributed by atoms with Gasteiger partial charge in [-0.25, -0.2) is 0 Å². The van der Waals surface area contributed by atoms with Gasteiger partial charge in [0.05, 0.1) is 6.04 Å². The van der Waals surface area contributed by atoms with Gasteiger partial charge in [-0.1, -0.05) is 39.0 Å². The average molecular weight is 250 g/mol. The molecule has 0 bridgehead atoms. The predicted octanol–water partition coefficient (Wildman–Crippen LogP) is 2.94. The summed E-state index contributed by atoms with van der Waals surface area (Å²) in [6, 6.07) is 9.12. The first-order chi connectivity index (χ1) is 8.69. The monoisotopic (exact) mass is 250 g/mol. The molecule has 0 spiro atoms. The molecule has 2 heteroatoms. The minimum Gasteiger partial charge on any atom is -0.487 e. The fraction of sp³-hybridized carbons (Fsp3) is 0.625. The molecule has 18 heavy (non-hydrogen) atoms. The molecule has 102 valence electrons. The Kier molecular flexibility index (Phi) is 6.81. The van der Waals surface area contributed by atoms with Crippen molar-refractivity contribution < 1.29 is 10.1 Å². The van der Waals surface area contributed by atoms with Crippen LogP contribution < -0.4 is 10.1 Å². The summed E-state index contributed by atoms with van der Waals surface area (Å²) in [6.07, 6.45) is 2.36. The Balaban J connectivity index is 2.46. The van der Waals surface area contributed by atoms with Gasteiger partial charge in [0.25, 0.3) is 0 Å². The summed E-state index contributed by atoms with van der Waals surface area (Å²) < 4.78 is 5.92. The number of hydrogen-bond donors (Lipinski definition) is 1. The van der Waals surface area contributed by atoms with E-state index in [1.165, 1.54) is 12.0 Å². The molecule has 2 nitrogen and oxygen atoms in total. The molecule has 0 heterocycles. The van der Waals surface area contributed by atoms with E-state index in [1.54, 1.807) is 0 Å². The maximum absolute atomic E-state index is 5.92. The predicted molar refractivity (Wildman–Crippen MR) is 77.2 cm³/mol. The van der Waals surface area contributed by atoms with Crippen LogP contribution in [0, 0.1) is 0 Å². The van der Waals surface area contributed by atoms with E-state index in [4.69, 9.17) is 4.74 Å². The van der Waals surface area contributed by atoms with Crippen molar-refractivity contribution in [2.24, 2.45) is 0 Å². The molecule has 0 aliphatic carbocycles. The Morgan fingerprint density at radius 2 is 1.83 bits per heavy atom. The first-order valence-electron chi connectivity index (χ1n) is 7.24. The van der Waals surface area contributed by atoms with E-state index < -0.39 is 0 Å². The number of nitrogens with two attached hydrogens (primary N) is 1. The maximum Gasteiger partial charge on any atom is 0.137 e. The molecule has 2 N–H and O–H groups in total. The fourth-order valence-electron chi connectivity index (χ4n) is 1.93. The summed E-state index contributed by atoms with van der Waals surface area (Å²) in [5.41, 5.74) is 1.34. The quantitative estimate of drug-likeness (QED) is 0.705. The van der Waals surface area contributed by atoms with Crippen molar-refractivity contribution in [2.45, 2.75) is 52.5 Å².